The van der Waals surface area contributed by atoms with Gasteiger partial charge in [0, 0.05) is 5.69 Å². The number of aryl methyl sites for hydroxylation is 3. The minimum Gasteiger partial charge on any atom is -0.492 e. The maximum atomic E-state index is 13.0. The smallest absolute Gasteiger partial charge is 0.416 e. The van der Waals surface area contributed by atoms with Gasteiger partial charge in [-0.05, 0) is 57.0 Å². The van der Waals surface area contributed by atoms with Crippen molar-refractivity contribution in [2.75, 3.05) is 30.3 Å². The van der Waals surface area contributed by atoms with Crippen molar-refractivity contribution in [1.82, 2.24) is 5.32 Å². The van der Waals surface area contributed by atoms with E-state index in [1.807, 2.05) is 32.9 Å². The van der Waals surface area contributed by atoms with Crippen LogP contribution in [0.2, 0.25) is 0 Å². The molecule has 2 rings (SSSR count). The van der Waals surface area contributed by atoms with Gasteiger partial charge in [-0.25, -0.2) is 0 Å². The third-order valence-corrected chi connectivity index (χ3v) is 4.43. The molecular weight excluding hydrogens is 411 g/mol. The van der Waals surface area contributed by atoms with Crippen LogP contribution in [-0.4, -0.2) is 31.5 Å². The standard InChI is InChI=1S/C22H26F3N3O3/c1-5-31-18-7-6-16(22(23,24)25)10-17(18)26-11-19(29)27-12-20(30)28-21-14(3)8-13(2)9-15(21)4/h6-10,26H,5,11-12H2,1-4H3,(H,27,29)(H,28,30). The normalized spacial score (nSPS) is 11.1. The molecular formula is C22H26F3N3O3. The Kier molecular flexibility index (Phi) is 7.90. The Balaban J connectivity index is 1.94. The summed E-state index contributed by atoms with van der Waals surface area (Å²) in [6.45, 7) is 7.08. The molecule has 6 nitrogen and oxygen atoms in total. The minimum atomic E-state index is -4.52. The molecule has 2 amide bonds. The zero-order valence-corrected chi connectivity index (χ0v) is 17.9. The Morgan fingerprint density at radius 1 is 0.968 bits per heavy atom. The molecule has 0 atom stereocenters. The van der Waals surface area contributed by atoms with Crippen LogP contribution in [-0.2, 0) is 15.8 Å². The predicted octanol–water partition coefficient (Wildman–Crippen LogP) is 4.20. The highest BCUT2D eigenvalue weighted by molar-refractivity contribution is 5.96. The molecule has 168 valence electrons. The maximum Gasteiger partial charge on any atom is 0.416 e. The molecule has 9 heteroatoms. The molecule has 0 aromatic heterocycles. The summed E-state index contributed by atoms with van der Waals surface area (Å²) in [6, 6.07) is 6.88. The average molecular weight is 437 g/mol. The Labute approximate surface area is 179 Å². The van der Waals surface area contributed by atoms with Crippen molar-refractivity contribution in [1.29, 1.82) is 0 Å². The molecule has 0 aliphatic carbocycles. The monoisotopic (exact) mass is 437 g/mol. The van der Waals surface area contributed by atoms with Crippen LogP contribution >= 0.6 is 0 Å². The number of carbonyl (C=O) groups excluding carboxylic acids is 2. The lowest BCUT2D eigenvalue weighted by atomic mass is 10.1. The van der Waals surface area contributed by atoms with Crippen LogP contribution in [0, 0.1) is 20.8 Å². The summed E-state index contributed by atoms with van der Waals surface area (Å²) in [7, 11) is 0. The number of alkyl halides is 3. The lowest BCUT2D eigenvalue weighted by Gasteiger charge is -2.15. The molecule has 0 aliphatic heterocycles. The molecule has 0 spiro atoms. The van der Waals surface area contributed by atoms with Crippen LogP contribution in [0.15, 0.2) is 30.3 Å². The van der Waals surface area contributed by atoms with E-state index in [-0.39, 0.29) is 31.1 Å². The molecule has 0 unspecified atom stereocenters. The molecule has 31 heavy (non-hydrogen) atoms. The third-order valence-electron chi connectivity index (χ3n) is 4.43. The topological polar surface area (TPSA) is 79.5 Å². The molecule has 2 aromatic rings. The zero-order chi connectivity index (χ0) is 23.2. The molecule has 0 heterocycles. The molecule has 0 fully saturated rings. The lowest BCUT2D eigenvalue weighted by Crippen LogP contribution is -2.36. The van der Waals surface area contributed by atoms with Crippen LogP contribution in [0.5, 0.6) is 5.75 Å². The first kappa shape index (κ1) is 24.0. The van der Waals surface area contributed by atoms with E-state index in [2.05, 4.69) is 16.0 Å². The molecule has 3 N–H and O–H groups in total. The predicted molar refractivity (Wildman–Crippen MR) is 113 cm³/mol. The van der Waals surface area contributed by atoms with Gasteiger partial charge >= 0.3 is 6.18 Å². The fourth-order valence-electron chi connectivity index (χ4n) is 3.10. The summed E-state index contributed by atoms with van der Waals surface area (Å²) in [6.07, 6.45) is -4.52. The van der Waals surface area contributed by atoms with E-state index in [4.69, 9.17) is 4.74 Å². The van der Waals surface area contributed by atoms with E-state index in [1.165, 1.54) is 6.07 Å². The molecule has 0 bridgehead atoms. The average Bonchev–Trinajstić information content (AvgIpc) is 2.67. The van der Waals surface area contributed by atoms with Crippen LogP contribution in [0.25, 0.3) is 0 Å². The highest BCUT2D eigenvalue weighted by Crippen LogP contribution is 2.35. The Morgan fingerprint density at radius 3 is 2.19 bits per heavy atom. The summed E-state index contributed by atoms with van der Waals surface area (Å²) in [4.78, 5) is 24.3. The van der Waals surface area contributed by atoms with E-state index in [0.717, 1.165) is 28.8 Å². The molecule has 0 radical (unpaired) electrons. The minimum absolute atomic E-state index is 0.0437. The number of rotatable bonds is 8. The second-order valence-electron chi connectivity index (χ2n) is 7.09. The Bertz CT molecular complexity index is 936. The Morgan fingerprint density at radius 2 is 1.61 bits per heavy atom. The maximum absolute atomic E-state index is 13.0. The Hall–Kier alpha value is -3.23. The van der Waals surface area contributed by atoms with Crippen molar-refractivity contribution >= 4 is 23.2 Å². The number of hydrogen-bond acceptors (Lipinski definition) is 4. The number of hydrogen-bond donors (Lipinski definition) is 3. The van der Waals surface area contributed by atoms with E-state index in [0.29, 0.717) is 5.69 Å². The van der Waals surface area contributed by atoms with Gasteiger partial charge in [-0.15, -0.1) is 0 Å². The van der Waals surface area contributed by atoms with Gasteiger partial charge in [0.05, 0.1) is 30.9 Å². The summed E-state index contributed by atoms with van der Waals surface area (Å²) in [5, 5.41) is 7.85. The second kappa shape index (κ2) is 10.2. The number of amides is 2. The fraction of sp³-hybridized carbons (Fsp3) is 0.364. The van der Waals surface area contributed by atoms with Crippen molar-refractivity contribution in [2.24, 2.45) is 0 Å². The zero-order valence-electron chi connectivity index (χ0n) is 17.9. The number of nitrogens with one attached hydrogen (secondary N) is 3. The van der Waals surface area contributed by atoms with Crippen LogP contribution in [0.4, 0.5) is 24.5 Å². The van der Waals surface area contributed by atoms with Gasteiger partial charge in [0.25, 0.3) is 0 Å². The van der Waals surface area contributed by atoms with Crippen molar-refractivity contribution in [2.45, 2.75) is 33.9 Å². The number of benzene rings is 2. The number of carbonyl (C=O) groups is 2. The molecule has 0 aliphatic rings. The highest BCUT2D eigenvalue weighted by Gasteiger charge is 2.31. The van der Waals surface area contributed by atoms with E-state index in [1.54, 1.807) is 6.92 Å². The molecule has 2 aromatic carbocycles. The quantitative estimate of drug-likeness (QED) is 0.579. The number of anilines is 2. The van der Waals surface area contributed by atoms with Gasteiger partial charge in [0.1, 0.15) is 5.75 Å². The van der Waals surface area contributed by atoms with Gasteiger partial charge < -0.3 is 20.7 Å². The van der Waals surface area contributed by atoms with Crippen molar-refractivity contribution < 1.29 is 27.5 Å². The van der Waals surface area contributed by atoms with E-state index >= 15 is 0 Å². The number of ether oxygens (including phenoxy) is 1. The van der Waals surface area contributed by atoms with E-state index in [9.17, 15) is 22.8 Å². The van der Waals surface area contributed by atoms with Crippen LogP contribution in [0.1, 0.15) is 29.2 Å². The van der Waals surface area contributed by atoms with E-state index < -0.39 is 23.6 Å². The van der Waals surface area contributed by atoms with Gasteiger partial charge in [-0.3, -0.25) is 9.59 Å². The largest absolute Gasteiger partial charge is 0.492 e. The first-order valence-corrected chi connectivity index (χ1v) is 9.73. The van der Waals surface area contributed by atoms with Crippen molar-refractivity contribution in [3.8, 4) is 5.75 Å². The van der Waals surface area contributed by atoms with Gasteiger partial charge in [0.2, 0.25) is 11.8 Å². The second-order valence-corrected chi connectivity index (χ2v) is 7.09. The molecule has 0 saturated heterocycles. The summed E-state index contributed by atoms with van der Waals surface area (Å²) in [5.74, 6) is -0.754. The summed E-state index contributed by atoms with van der Waals surface area (Å²) >= 11 is 0. The van der Waals surface area contributed by atoms with Crippen molar-refractivity contribution in [3.63, 3.8) is 0 Å². The highest BCUT2D eigenvalue weighted by atomic mass is 19.4. The van der Waals surface area contributed by atoms with Gasteiger partial charge in [-0.2, -0.15) is 13.2 Å². The van der Waals surface area contributed by atoms with Gasteiger partial charge in [-0.1, -0.05) is 17.7 Å². The molecule has 0 saturated carbocycles. The third kappa shape index (κ3) is 6.91. The fourth-order valence-corrected chi connectivity index (χ4v) is 3.10. The van der Waals surface area contributed by atoms with Crippen LogP contribution in [0.3, 0.4) is 0 Å². The van der Waals surface area contributed by atoms with Crippen LogP contribution < -0.4 is 20.7 Å². The first-order valence-electron chi connectivity index (χ1n) is 9.73. The SMILES string of the molecule is CCOc1ccc(C(F)(F)F)cc1NCC(=O)NCC(=O)Nc1c(C)cc(C)cc1C. The van der Waals surface area contributed by atoms with Crippen molar-refractivity contribution in [3.05, 3.63) is 52.6 Å². The first-order chi connectivity index (χ1) is 14.5. The van der Waals surface area contributed by atoms with Gasteiger partial charge in [0.15, 0.2) is 0 Å². The summed E-state index contributed by atoms with van der Waals surface area (Å²) in [5.41, 5.74) is 2.77. The number of halogens is 3. The summed E-state index contributed by atoms with van der Waals surface area (Å²) < 4.78 is 44.2. The lowest BCUT2D eigenvalue weighted by molar-refractivity contribution is -0.137.